The van der Waals surface area contributed by atoms with Gasteiger partial charge in [0.25, 0.3) is 0 Å². The van der Waals surface area contributed by atoms with Gasteiger partial charge >= 0.3 is 0 Å². The summed E-state index contributed by atoms with van der Waals surface area (Å²) in [7, 11) is 2.02. The van der Waals surface area contributed by atoms with Crippen molar-refractivity contribution in [2.45, 2.75) is 58.3 Å². The second-order valence-corrected chi connectivity index (χ2v) is 7.28. The summed E-state index contributed by atoms with van der Waals surface area (Å²) in [5, 5.41) is 0. The molecule has 0 unspecified atom stereocenters. The zero-order valence-electron chi connectivity index (χ0n) is 12.0. The number of carbonyl (C=O) groups excluding carboxylic acids is 1. The summed E-state index contributed by atoms with van der Waals surface area (Å²) in [5.74, 6) is 3.11. The van der Waals surface area contributed by atoms with Crippen LogP contribution in [0.2, 0.25) is 0 Å². The number of nitrogens with zero attached hydrogens (tertiary/aromatic N) is 1. The number of unbranched alkanes of at least 4 members (excludes halogenated alkanes) is 1. The zero-order chi connectivity index (χ0) is 12.8. The average molecular weight is 249 g/mol. The van der Waals surface area contributed by atoms with Gasteiger partial charge in [0, 0.05) is 13.6 Å². The minimum absolute atomic E-state index is 0.0667. The molecule has 0 saturated heterocycles. The van der Waals surface area contributed by atoms with Crippen LogP contribution in [-0.2, 0) is 4.79 Å². The average Bonchev–Trinajstić information content (AvgIpc) is 2.33. The second kappa shape index (κ2) is 4.54. The van der Waals surface area contributed by atoms with Crippen molar-refractivity contribution in [3.05, 3.63) is 0 Å². The number of carbonyl (C=O) groups is 1. The van der Waals surface area contributed by atoms with Gasteiger partial charge in [-0.05, 0) is 62.7 Å². The lowest BCUT2D eigenvalue weighted by Gasteiger charge is -2.56. The van der Waals surface area contributed by atoms with E-state index in [9.17, 15) is 4.79 Å². The lowest BCUT2D eigenvalue weighted by Crippen LogP contribution is -2.54. The smallest absolute Gasteiger partial charge is 0.228 e. The van der Waals surface area contributed by atoms with Crippen molar-refractivity contribution in [2.24, 2.45) is 23.2 Å². The minimum Gasteiger partial charge on any atom is -0.345 e. The lowest BCUT2D eigenvalue weighted by atomic mass is 9.49. The molecule has 0 spiro atoms. The fraction of sp³-hybridized carbons (Fsp3) is 0.938. The van der Waals surface area contributed by atoms with Gasteiger partial charge in [0.05, 0.1) is 5.41 Å². The summed E-state index contributed by atoms with van der Waals surface area (Å²) in [6.45, 7) is 3.15. The van der Waals surface area contributed by atoms with Crippen molar-refractivity contribution in [1.29, 1.82) is 0 Å². The highest BCUT2D eigenvalue weighted by Gasteiger charge is 2.55. The summed E-state index contributed by atoms with van der Waals surface area (Å²) >= 11 is 0. The molecule has 0 N–H and O–H groups in total. The van der Waals surface area contributed by atoms with E-state index in [2.05, 4.69) is 6.92 Å². The highest BCUT2D eigenvalue weighted by Crippen LogP contribution is 2.60. The standard InChI is InChI=1S/C16H27NO/c1-3-4-5-17(2)15(18)16-9-12-6-13(10-16)8-14(7-12)11-16/h12-14H,3-11H2,1-2H3. The molecular formula is C16H27NO. The third-order valence-electron chi connectivity index (χ3n) is 5.69. The van der Waals surface area contributed by atoms with E-state index in [-0.39, 0.29) is 5.41 Å². The van der Waals surface area contributed by atoms with Gasteiger partial charge in [0.15, 0.2) is 0 Å². The number of hydrogen-bond donors (Lipinski definition) is 0. The second-order valence-electron chi connectivity index (χ2n) is 7.28. The van der Waals surface area contributed by atoms with E-state index in [1.807, 2.05) is 11.9 Å². The Balaban J connectivity index is 1.72. The van der Waals surface area contributed by atoms with E-state index in [1.54, 1.807) is 0 Å². The van der Waals surface area contributed by atoms with E-state index < -0.39 is 0 Å². The Bertz CT molecular complexity index is 301. The molecule has 1 amide bonds. The number of hydrogen-bond acceptors (Lipinski definition) is 1. The molecule has 4 aliphatic rings. The molecule has 0 aromatic rings. The molecule has 4 bridgehead atoms. The first-order valence-corrected chi connectivity index (χ1v) is 7.88. The van der Waals surface area contributed by atoms with Gasteiger partial charge in [-0.3, -0.25) is 4.79 Å². The molecule has 102 valence electrons. The van der Waals surface area contributed by atoms with Crippen LogP contribution in [0.3, 0.4) is 0 Å². The van der Waals surface area contributed by atoms with Gasteiger partial charge in [-0.2, -0.15) is 0 Å². The quantitative estimate of drug-likeness (QED) is 0.747. The molecule has 0 aromatic heterocycles. The molecule has 2 heteroatoms. The highest BCUT2D eigenvalue weighted by molar-refractivity contribution is 5.83. The van der Waals surface area contributed by atoms with Crippen LogP contribution in [0.1, 0.15) is 58.3 Å². The first-order valence-electron chi connectivity index (χ1n) is 7.88. The summed E-state index contributed by atoms with van der Waals surface area (Å²) < 4.78 is 0. The fourth-order valence-electron chi connectivity index (χ4n) is 5.27. The zero-order valence-corrected chi connectivity index (χ0v) is 12.0. The van der Waals surface area contributed by atoms with Crippen molar-refractivity contribution in [3.63, 3.8) is 0 Å². The van der Waals surface area contributed by atoms with E-state index in [0.29, 0.717) is 5.91 Å². The van der Waals surface area contributed by atoms with Gasteiger partial charge in [0.1, 0.15) is 0 Å². The Labute approximate surface area is 111 Å². The van der Waals surface area contributed by atoms with E-state index >= 15 is 0 Å². The van der Waals surface area contributed by atoms with Crippen molar-refractivity contribution in [1.82, 2.24) is 4.90 Å². The SMILES string of the molecule is CCCCN(C)C(=O)C12CC3CC(CC(C3)C1)C2. The predicted molar refractivity (Wildman–Crippen MR) is 73.2 cm³/mol. The molecule has 0 aromatic carbocycles. The maximum atomic E-state index is 12.8. The summed E-state index contributed by atoms with van der Waals surface area (Å²) in [6, 6.07) is 0. The normalized spacial score (nSPS) is 41.1. The Hall–Kier alpha value is -0.530. The molecule has 4 saturated carbocycles. The van der Waals surface area contributed by atoms with Crippen LogP contribution in [0, 0.1) is 23.2 Å². The van der Waals surface area contributed by atoms with E-state index in [4.69, 9.17) is 0 Å². The molecule has 0 heterocycles. The van der Waals surface area contributed by atoms with Crippen molar-refractivity contribution in [2.75, 3.05) is 13.6 Å². The van der Waals surface area contributed by atoms with Gasteiger partial charge in [0.2, 0.25) is 5.91 Å². The predicted octanol–water partition coefficient (Wildman–Crippen LogP) is 3.46. The molecule has 0 atom stereocenters. The minimum atomic E-state index is 0.0667. The molecule has 2 nitrogen and oxygen atoms in total. The van der Waals surface area contributed by atoms with Crippen LogP contribution < -0.4 is 0 Å². The Morgan fingerprint density at radius 2 is 1.61 bits per heavy atom. The van der Waals surface area contributed by atoms with Gasteiger partial charge in [-0.15, -0.1) is 0 Å². The summed E-state index contributed by atoms with van der Waals surface area (Å²) in [5.41, 5.74) is 0.0667. The first kappa shape index (κ1) is 12.5. The monoisotopic (exact) mass is 249 g/mol. The topological polar surface area (TPSA) is 20.3 Å². The van der Waals surface area contributed by atoms with Gasteiger partial charge < -0.3 is 4.90 Å². The largest absolute Gasteiger partial charge is 0.345 e. The van der Waals surface area contributed by atoms with Gasteiger partial charge in [-0.25, -0.2) is 0 Å². The molecule has 4 rings (SSSR count). The highest BCUT2D eigenvalue weighted by atomic mass is 16.2. The van der Waals surface area contributed by atoms with Crippen LogP contribution >= 0.6 is 0 Å². The van der Waals surface area contributed by atoms with Crippen LogP contribution in [-0.4, -0.2) is 24.4 Å². The summed E-state index contributed by atoms with van der Waals surface area (Å²) in [6.07, 6.45) is 10.2. The molecule has 0 radical (unpaired) electrons. The Morgan fingerprint density at radius 1 is 1.11 bits per heavy atom. The number of amides is 1. The molecule has 0 aliphatic heterocycles. The van der Waals surface area contributed by atoms with Gasteiger partial charge in [-0.1, -0.05) is 13.3 Å². The Kier molecular flexibility index (Phi) is 3.15. The van der Waals surface area contributed by atoms with Crippen LogP contribution in [0.4, 0.5) is 0 Å². The van der Waals surface area contributed by atoms with Crippen LogP contribution in [0.5, 0.6) is 0 Å². The third-order valence-corrected chi connectivity index (χ3v) is 5.69. The Morgan fingerprint density at radius 3 is 2.06 bits per heavy atom. The molecule has 4 fully saturated rings. The first-order chi connectivity index (χ1) is 8.63. The van der Waals surface area contributed by atoms with Crippen LogP contribution in [0.25, 0.3) is 0 Å². The van der Waals surface area contributed by atoms with E-state index in [0.717, 1.165) is 30.7 Å². The van der Waals surface area contributed by atoms with Crippen LogP contribution in [0.15, 0.2) is 0 Å². The maximum Gasteiger partial charge on any atom is 0.228 e. The maximum absolute atomic E-state index is 12.8. The molecule has 18 heavy (non-hydrogen) atoms. The molecular weight excluding hydrogens is 222 g/mol. The lowest BCUT2D eigenvalue weighted by molar-refractivity contribution is -0.156. The molecule has 4 aliphatic carbocycles. The number of rotatable bonds is 4. The third kappa shape index (κ3) is 1.98. The van der Waals surface area contributed by atoms with Crippen molar-refractivity contribution >= 4 is 5.91 Å². The fourth-order valence-corrected chi connectivity index (χ4v) is 5.27. The van der Waals surface area contributed by atoms with Crippen molar-refractivity contribution in [3.8, 4) is 0 Å². The summed E-state index contributed by atoms with van der Waals surface area (Å²) in [4.78, 5) is 14.9. The van der Waals surface area contributed by atoms with Crippen molar-refractivity contribution < 1.29 is 4.79 Å². The van der Waals surface area contributed by atoms with E-state index in [1.165, 1.54) is 44.9 Å².